The molecule has 5 heteroatoms. The van der Waals surface area contributed by atoms with E-state index >= 15 is 0 Å². The van der Waals surface area contributed by atoms with Gasteiger partial charge in [0.2, 0.25) is 0 Å². The average molecular weight is 226 g/mol. The smallest absolute Gasteiger partial charge is 0.325 e. The van der Waals surface area contributed by atoms with E-state index in [1.54, 1.807) is 0 Å². The number of rotatable bonds is 4. The predicted octanol–water partition coefficient (Wildman–Crippen LogP) is 0.552. The summed E-state index contributed by atoms with van der Waals surface area (Å²) in [7, 11) is 1.38. The van der Waals surface area contributed by atoms with Gasteiger partial charge in [0.25, 0.3) is 0 Å². The van der Waals surface area contributed by atoms with Crippen LogP contribution in [-0.2, 0) is 14.3 Å². The van der Waals surface area contributed by atoms with Crippen LogP contribution in [0.1, 0.15) is 19.8 Å². The van der Waals surface area contributed by atoms with Gasteiger partial charge in [0.15, 0.2) is 0 Å². The van der Waals surface area contributed by atoms with Gasteiger partial charge in [-0.15, -0.1) is 0 Å². The largest absolute Gasteiger partial charge is 0.468 e. The summed E-state index contributed by atoms with van der Waals surface area (Å²) in [6.07, 6.45) is 1.28. The zero-order valence-electron chi connectivity index (χ0n) is 9.81. The van der Waals surface area contributed by atoms with Gasteiger partial charge in [0, 0.05) is 12.6 Å². The van der Waals surface area contributed by atoms with Crippen LogP contribution in [0, 0.1) is 11.3 Å². The van der Waals surface area contributed by atoms with Gasteiger partial charge in [-0.1, -0.05) is 6.92 Å². The lowest BCUT2D eigenvalue weighted by molar-refractivity contribution is -0.155. The molecule has 0 spiro atoms. The van der Waals surface area contributed by atoms with E-state index in [2.05, 4.69) is 6.07 Å². The van der Waals surface area contributed by atoms with Gasteiger partial charge >= 0.3 is 5.97 Å². The van der Waals surface area contributed by atoms with E-state index in [0.29, 0.717) is 26.2 Å². The molecule has 1 fully saturated rings. The van der Waals surface area contributed by atoms with Crippen LogP contribution in [0.2, 0.25) is 0 Å². The van der Waals surface area contributed by atoms with E-state index in [1.807, 2.05) is 11.8 Å². The Morgan fingerprint density at radius 1 is 1.75 bits per heavy atom. The molecule has 1 rings (SSSR count). The summed E-state index contributed by atoms with van der Waals surface area (Å²) in [5.74, 6) is -0.281. The van der Waals surface area contributed by atoms with Crippen molar-refractivity contribution in [2.24, 2.45) is 0 Å². The first-order valence-corrected chi connectivity index (χ1v) is 5.52. The Labute approximate surface area is 95.9 Å². The molecule has 0 aromatic carbocycles. The van der Waals surface area contributed by atoms with Gasteiger partial charge in [-0.25, -0.2) is 0 Å². The number of methoxy groups -OCH3 is 1. The number of hydrogen-bond donors (Lipinski definition) is 0. The lowest BCUT2D eigenvalue weighted by atomic mass is 10.1. The number of morpholine rings is 1. The molecule has 5 nitrogen and oxygen atoms in total. The monoisotopic (exact) mass is 226 g/mol. The SMILES string of the molecule is CCC(CC#N)N1CCOCC1C(=O)OC. The molecule has 0 aromatic rings. The van der Waals surface area contributed by atoms with Crippen molar-refractivity contribution in [3.05, 3.63) is 0 Å². The van der Waals surface area contributed by atoms with Crippen molar-refractivity contribution in [2.75, 3.05) is 26.9 Å². The maximum Gasteiger partial charge on any atom is 0.325 e. The third-order valence-corrected chi connectivity index (χ3v) is 2.91. The van der Waals surface area contributed by atoms with E-state index in [9.17, 15) is 4.79 Å². The van der Waals surface area contributed by atoms with Crippen molar-refractivity contribution in [3.8, 4) is 6.07 Å². The second kappa shape index (κ2) is 6.46. The number of nitriles is 1. The molecule has 2 unspecified atom stereocenters. The second-order valence-corrected chi connectivity index (χ2v) is 3.78. The van der Waals surface area contributed by atoms with E-state index < -0.39 is 0 Å². The van der Waals surface area contributed by atoms with Gasteiger partial charge in [0.05, 0.1) is 32.8 Å². The summed E-state index contributed by atoms with van der Waals surface area (Å²) >= 11 is 0. The van der Waals surface area contributed by atoms with E-state index in [4.69, 9.17) is 14.7 Å². The summed E-state index contributed by atoms with van der Waals surface area (Å²) in [6.45, 7) is 3.66. The Morgan fingerprint density at radius 2 is 2.50 bits per heavy atom. The number of ether oxygens (including phenoxy) is 2. The molecule has 1 aliphatic heterocycles. The van der Waals surface area contributed by atoms with Crippen LogP contribution in [0.25, 0.3) is 0 Å². The van der Waals surface area contributed by atoms with Crippen molar-refractivity contribution in [2.45, 2.75) is 31.8 Å². The highest BCUT2D eigenvalue weighted by Crippen LogP contribution is 2.17. The minimum Gasteiger partial charge on any atom is -0.468 e. The van der Waals surface area contributed by atoms with Crippen molar-refractivity contribution >= 4 is 5.97 Å². The topological polar surface area (TPSA) is 62.6 Å². The summed E-state index contributed by atoms with van der Waals surface area (Å²) < 4.78 is 10.0. The molecule has 2 atom stereocenters. The molecular formula is C11H18N2O3. The Balaban J connectivity index is 2.72. The van der Waals surface area contributed by atoms with Crippen LogP contribution in [0.3, 0.4) is 0 Å². The second-order valence-electron chi connectivity index (χ2n) is 3.78. The van der Waals surface area contributed by atoms with E-state index in [0.717, 1.165) is 6.42 Å². The summed E-state index contributed by atoms with van der Waals surface area (Å²) in [4.78, 5) is 13.6. The molecule has 1 saturated heterocycles. The Bertz CT molecular complexity index is 275. The van der Waals surface area contributed by atoms with E-state index in [-0.39, 0.29) is 18.1 Å². The summed E-state index contributed by atoms with van der Waals surface area (Å²) in [6, 6.07) is 1.90. The third-order valence-electron chi connectivity index (χ3n) is 2.91. The van der Waals surface area contributed by atoms with Crippen molar-refractivity contribution in [1.82, 2.24) is 4.90 Å². The minimum absolute atomic E-state index is 0.109. The summed E-state index contributed by atoms with van der Waals surface area (Å²) in [5.41, 5.74) is 0. The molecule has 90 valence electrons. The normalized spacial score (nSPS) is 23.4. The zero-order valence-corrected chi connectivity index (χ0v) is 9.81. The Morgan fingerprint density at radius 3 is 3.06 bits per heavy atom. The van der Waals surface area contributed by atoms with Gasteiger partial charge in [-0.2, -0.15) is 5.26 Å². The molecule has 1 heterocycles. The number of hydrogen-bond acceptors (Lipinski definition) is 5. The highest BCUT2D eigenvalue weighted by molar-refractivity contribution is 5.76. The molecule has 0 saturated carbocycles. The molecule has 16 heavy (non-hydrogen) atoms. The fraction of sp³-hybridized carbons (Fsp3) is 0.818. The highest BCUT2D eigenvalue weighted by Gasteiger charge is 2.34. The number of nitrogens with zero attached hydrogens (tertiary/aromatic N) is 2. The molecule has 0 aromatic heterocycles. The first kappa shape index (κ1) is 12.9. The van der Waals surface area contributed by atoms with Crippen molar-refractivity contribution in [1.29, 1.82) is 5.26 Å². The van der Waals surface area contributed by atoms with Gasteiger partial charge in [0.1, 0.15) is 6.04 Å². The van der Waals surface area contributed by atoms with E-state index in [1.165, 1.54) is 7.11 Å². The van der Waals surface area contributed by atoms with Crippen LogP contribution in [0.15, 0.2) is 0 Å². The molecule has 1 aliphatic rings. The minimum atomic E-state index is -0.364. The zero-order chi connectivity index (χ0) is 12.0. The Kier molecular flexibility index (Phi) is 5.23. The molecular weight excluding hydrogens is 208 g/mol. The van der Waals surface area contributed by atoms with Crippen molar-refractivity contribution in [3.63, 3.8) is 0 Å². The standard InChI is InChI=1S/C11H18N2O3/c1-3-9(4-5-12)13-6-7-16-8-10(13)11(14)15-2/h9-10H,3-4,6-8H2,1-2H3. The fourth-order valence-electron chi connectivity index (χ4n) is 1.99. The quantitative estimate of drug-likeness (QED) is 0.655. The highest BCUT2D eigenvalue weighted by atomic mass is 16.5. The van der Waals surface area contributed by atoms with Crippen LogP contribution < -0.4 is 0 Å². The van der Waals surface area contributed by atoms with Crippen LogP contribution in [0.5, 0.6) is 0 Å². The van der Waals surface area contributed by atoms with Gasteiger partial charge < -0.3 is 9.47 Å². The molecule has 0 bridgehead atoms. The third kappa shape index (κ3) is 2.94. The number of esters is 1. The van der Waals surface area contributed by atoms with Crippen LogP contribution >= 0.6 is 0 Å². The molecule has 0 N–H and O–H groups in total. The maximum absolute atomic E-state index is 11.6. The maximum atomic E-state index is 11.6. The van der Waals surface area contributed by atoms with Gasteiger partial charge in [-0.05, 0) is 6.42 Å². The molecule has 0 amide bonds. The first-order valence-electron chi connectivity index (χ1n) is 5.52. The lowest BCUT2D eigenvalue weighted by Crippen LogP contribution is -2.54. The first-order chi connectivity index (χ1) is 7.74. The fourth-order valence-corrected chi connectivity index (χ4v) is 1.99. The molecule has 0 radical (unpaired) electrons. The van der Waals surface area contributed by atoms with Gasteiger partial charge in [-0.3, -0.25) is 9.69 Å². The van der Waals surface area contributed by atoms with Crippen LogP contribution in [-0.4, -0.2) is 49.8 Å². The Hall–Kier alpha value is -1.12. The predicted molar refractivity (Wildman–Crippen MR) is 57.6 cm³/mol. The average Bonchev–Trinajstić information content (AvgIpc) is 2.35. The number of carbonyl (C=O) groups is 1. The van der Waals surface area contributed by atoms with Crippen LogP contribution in [0.4, 0.5) is 0 Å². The summed E-state index contributed by atoms with van der Waals surface area (Å²) in [5, 5.41) is 8.76. The molecule has 0 aliphatic carbocycles. The lowest BCUT2D eigenvalue weighted by Gasteiger charge is -2.38. The number of carbonyl (C=O) groups excluding carboxylic acids is 1. The van der Waals surface area contributed by atoms with Crippen molar-refractivity contribution < 1.29 is 14.3 Å².